The monoisotopic (exact) mass is 460 g/mol. The minimum Gasteiger partial charge on any atom is -0.463 e. The molecule has 170 valence electrons. The predicted molar refractivity (Wildman–Crippen MR) is 132 cm³/mol. The fraction of sp³-hybridized carbons (Fsp3) is 0.308. The highest BCUT2D eigenvalue weighted by Gasteiger charge is 2.17. The number of allylic oxidation sites excluding steroid dienone is 2. The van der Waals surface area contributed by atoms with Gasteiger partial charge in [0.25, 0.3) is 5.56 Å². The van der Waals surface area contributed by atoms with Crippen LogP contribution >= 0.6 is 11.3 Å². The van der Waals surface area contributed by atoms with E-state index in [1.165, 1.54) is 31.3 Å². The topological polar surface area (TPSA) is 57.4 Å². The highest BCUT2D eigenvalue weighted by molar-refractivity contribution is 7.07. The molecule has 7 heteroatoms. The first-order chi connectivity index (χ1) is 16.1. The Morgan fingerprint density at radius 1 is 1.12 bits per heavy atom. The van der Waals surface area contributed by atoms with E-state index in [0.717, 1.165) is 40.6 Å². The first kappa shape index (κ1) is 21.5. The maximum atomic E-state index is 13.4. The molecule has 5 rings (SSSR count). The van der Waals surface area contributed by atoms with Gasteiger partial charge in [0.15, 0.2) is 16.2 Å². The van der Waals surface area contributed by atoms with Gasteiger partial charge < -0.3 is 8.98 Å². The van der Waals surface area contributed by atoms with Gasteiger partial charge >= 0.3 is 0 Å². The first-order valence-corrected chi connectivity index (χ1v) is 12.3. The van der Waals surface area contributed by atoms with Gasteiger partial charge in [-0.1, -0.05) is 29.8 Å². The van der Waals surface area contributed by atoms with E-state index in [9.17, 15) is 4.79 Å². The van der Waals surface area contributed by atoms with Gasteiger partial charge in [-0.3, -0.25) is 9.48 Å². The molecular formula is C26H28N4O2S. The maximum Gasteiger partial charge on any atom is 0.297 e. The minimum atomic E-state index is -0.115. The van der Waals surface area contributed by atoms with Crippen LogP contribution in [-0.4, -0.2) is 13.9 Å². The Morgan fingerprint density at radius 3 is 2.70 bits per heavy atom. The fourth-order valence-corrected chi connectivity index (χ4v) is 5.34. The molecule has 33 heavy (non-hydrogen) atoms. The SMILES string of the molecule is Cc1c(N=c2scc(-c3ccco3)n2CCC2=CCCCC2)c(=O)n(-c2ccccc2)n1C. The molecule has 1 aliphatic carbocycles. The van der Waals surface area contributed by atoms with Gasteiger partial charge in [0.1, 0.15) is 0 Å². The molecule has 0 bridgehead atoms. The van der Waals surface area contributed by atoms with Crippen molar-refractivity contribution in [3.05, 3.63) is 86.6 Å². The zero-order valence-electron chi connectivity index (χ0n) is 19.0. The van der Waals surface area contributed by atoms with Crippen molar-refractivity contribution in [2.45, 2.75) is 45.6 Å². The van der Waals surface area contributed by atoms with Crippen molar-refractivity contribution < 1.29 is 4.42 Å². The summed E-state index contributed by atoms with van der Waals surface area (Å²) in [5.74, 6) is 0.816. The molecule has 3 heterocycles. The molecule has 0 fully saturated rings. The van der Waals surface area contributed by atoms with E-state index in [-0.39, 0.29) is 5.56 Å². The van der Waals surface area contributed by atoms with Crippen LogP contribution in [0.4, 0.5) is 5.69 Å². The smallest absolute Gasteiger partial charge is 0.297 e. The summed E-state index contributed by atoms with van der Waals surface area (Å²) in [6.07, 6.45) is 9.97. The lowest BCUT2D eigenvalue weighted by atomic mass is 9.97. The van der Waals surface area contributed by atoms with Crippen LogP contribution in [-0.2, 0) is 13.6 Å². The largest absolute Gasteiger partial charge is 0.463 e. The van der Waals surface area contributed by atoms with Crippen LogP contribution in [0, 0.1) is 6.92 Å². The second-order valence-corrected chi connectivity index (χ2v) is 9.25. The molecule has 3 aromatic heterocycles. The summed E-state index contributed by atoms with van der Waals surface area (Å²) in [7, 11) is 1.90. The lowest BCUT2D eigenvalue weighted by Gasteiger charge is -2.14. The van der Waals surface area contributed by atoms with Crippen LogP contribution in [0.1, 0.15) is 37.8 Å². The van der Waals surface area contributed by atoms with Gasteiger partial charge in [0.2, 0.25) is 0 Å². The standard InChI is InChI=1S/C26H28N4O2S/c1-19-24(25(31)30(28(19)2)21-12-7-4-8-13-21)27-26-29(16-15-20-10-5-3-6-11-20)22(18-33-26)23-14-9-17-32-23/h4,7-10,12-14,17-18H,3,5-6,11,15-16H2,1-2H3. The third-order valence-electron chi connectivity index (χ3n) is 6.34. The normalized spacial score (nSPS) is 14.6. The summed E-state index contributed by atoms with van der Waals surface area (Å²) in [4.78, 5) is 19.1. The number of para-hydroxylation sites is 1. The Hall–Kier alpha value is -3.32. The molecular weight excluding hydrogens is 432 g/mol. The summed E-state index contributed by atoms with van der Waals surface area (Å²) < 4.78 is 11.4. The second kappa shape index (κ2) is 9.27. The van der Waals surface area contributed by atoms with E-state index in [0.29, 0.717) is 5.69 Å². The highest BCUT2D eigenvalue weighted by Crippen LogP contribution is 2.25. The molecule has 0 atom stereocenters. The van der Waals surface area contributed by atoms with Crippen LogP contribution in [0.25, 0.3) is 17.1 Å². The van der Waals surface area contributed by atoms with Gasteiger partial charge in [0, 0.05) is 19.0 Å². The number of benzene rings is 1. The van der Waals surface area contributed by atoms with Crippen molar-refractivity contribution in [1.29, 1.82) is 0 Å². The third kappa shape index (κ3) is 4.20. The Labute approximate surface area is 196 Å². The van der Waals surface area contributed by atoms with E-state index in [4.69, 9.17) is 9.41 Å². The number of nitrogens with zero attached hydrogens (tertiary/aromatic N) is 4. The summed E-state index contributed by atoms with van der Waals surface area (Å²) in [6.45, 7) is 2.75. The minimum absolute atomic E-state index is 0.115. The summed E-state index contributed by atoms with van der Waals surface area (Å²) in [6, 6.07) is 13.6. The second-order valence-electron chi connectivity index (χ2n) is 8.41. The van der Waals surface area contributed by atoms with E-state index < -0.39 is 0 Å². The Balaban J connectivity index is 1.60. The molecule has 0 amide bonds. The maximum absolute atomic E-state index is 13.4. The predicted octanol–water partition coefficient (Wildman–Crippen LogP) is 5.73. The first-order valence-electron chi connectivity index (χ1n) is 11.4. The van der Waals surface area contributed by atoms with Gasteiger partial charge in [-0.25, -0.2) is 9.67 Å². The summed E-state index contributed by atoms with van der Waals surface area (Å²) in [5, 5.41) is 2.07. The molecule has 0 aliphatic heterocycles. The molecule has 0 unspecified atom stereocenters. The summed E-state index contributed by atoms with van der Waals surface area (Å²) >= 11 is 1.54. The average molecular weight is 461 g/mol. The zero-order valence-corrected chi connectivity index (χ0v) is 19.8. The van der Waals surface area contributed by atoms with Crippen LogP contribution in [0.2, 0.25) is 0 Å². The van der Waals surface area contributed by atoms with E-state index in [1.807, 2.05) is 61.1 Å². The van der Waals surface area contributed by atoms with Gasteiger partial charge in [-0.2, -0.15) is 0 Å². The van der Waals surface area contributed by atoms with E-state index in [2.05, 4.69) is 16.0 Å². The molecule has 1 aliphatic rings. The fourth-order valence-electron chi connectivity index (χ4n) is 4.42. The highest BCUT2D eigenvalue weighted by atomic mass is 32.1. The molecule has 0 saturated heterocycles. The van der Waals surface area contributed by atoms with Crippen molar-refractivity contribution in [2.24, 2.45) is 12.0 Å². The van der Waals surface area contributed by atoms with E-state index in [1.54, 1.807) is 22.3 Å². The number of aromatic nitrogens is 3. The number of thiazole rings is 1. The molecule has 0 saturated carbocycles. The van der Waals surface area contributed by atoms with Crippen molar-refractivity contribution in [2.75, 3.05) is 0 Å². The van der Waals surface area contributed by atoms with Crippen LogP contribution in [0.15, 0.2) is 80.0 Å². The lowest BCUT2D eigenvalue weighted by molar-refractivity contribution is 0.565. The van der Waals surface area contributed by atoms with Crippen molar-refractivity contribution in [3.63, 3.8) is 0 Å². The number of hydrogen-bond donors (Lipinski definition) is 0. The third-order valence-corrected chi connectivity index (χ3v) is 7.21. The van der Waals surface area contributed by atoms with Crippen molar-refractivity contribution in [3.8, 4) is 17.1 Å². The number of rotatable bonds is 6. The average Bonchev–Trinajstić information content (AvgIpc) is 3.56. The molecule has 1 aromatic carbocycles. The molecule has 4 aromatic rings. The van der Waals surface area contributed by atoms with Crippen molar-refractivity contribution in [1.82, 2.24) is 13.9 Å². The van der Waals surface area contributed by atoms with Gasteiger partial charge in [-0.05, 0) is 63.3 Å². The molecule has 0 N–H and O–H groups in total. The number of hydrogen-bond acceptors (Lipinski definition) is 4. The Morgan fingerprint density at radius 2 is 1.97 bits per heavy atom. The summed E-state index contributed by atoms with van der Waals surface area (Å²) in [5.41, 5.74) is 4.53. The van der Waals surface area contributed by atoms with Crippen molar-refractivity contribution >= 4 is 17.0 Å². The van der Waals surface area contributed by atoms with Gasteiger partial charge in [-0.15, -0.1) is 11.3 Å². The van der Waals surface area contributed by atoms with Gasteiger partial charge in [0.05, 0.1) is 23.3 Å². The molecule has 0 spiro atoms. The van der Waals surface area contributed by atoms with E-state index >= 15 is 0 Å². The number of furan rings is 1. The zero-order chi connectivity index (χ0) is 22.8. The van der Waals surface area contributed by atoms with Crippen LogP contribution in [0.3, 0.4) is 0 Å². The Kier molecular flexibility index (Phi) is 6.05. The molecule has 6 nitrogen and oxygen atoms in total. The molecule has 0 radical (unpaired) electrons. The quantitative estimate of drug-likeness (QED) is 0.345. The Bertz CT molecular complexity index is 1400. The van der Waals surface area contributed by atoms with Crippen LogP contribution in [0.5, 0.6) is 0 Å². The lowest BCUT2D eigenvalue weighted by Crippen LogP contribution is -2.20. The van der Waals surface area contributed by atoms with Crippen LogP contribution < -0.4 is 10.4 Å².